The van der Waals surface area contributed by atoms with Crippen LogP contribution in [0, 0.1) is 5.92 Å². The van der Waals surface area contributed by atoms with Gasteiger partial charge in [-0.15, -0.1) is 0 Å². The lowest BCUT2D eigenvalue weighted by molar-refractivity contribution is 0.112. The third-order valence-electron chi connectivity index (χ3n) is 3.71. The van der Waals surface area contributed by atoms with Gasteiger partial charge in [0.05, 0.1) is 6.61 Å². The van der Waals surface area contributed by atoms with Crippen LogP contribution in [0.2, 0.25) is 0 Å². The topological polar surface area (TPSA) is 12.5 Å². The van der Waals surface area contributed by atoms with E-state index < -0.39 is 0 Å². The van der Waals surface area contributed by atoms with Crippen LogP contribution in [-0.2, 0) is 4.74 Å². The molecular formula is C12H22BrNO. The van der Waals surface area contributed by atoms with Gasteiger partial charge in [-0.25, -0.2) is 0 Å². The molecule has 15 heavy (non-hydrogen) atoms. The lowest BCUT2D eigenvalue weighted by atomic mass is 9.98. The van der Waals surface area contributed by atoms with Crippen molar-refractivity contribution < 1.29 is 4.74 Å². The molecule has 2 aliphatic rings. The molecule has 0 aliphatic carbocycles. The van der Waals surface area contributed by atoms with Crippen LogP contribution in [0.15, 0.2) is 0 Å². The molecule has 2 atom stereocenters. The molecule has 2 heterocycles. The van der Waals surface area contributed by atoms with E-state index in [-0.39, 0.29) is 0 Å². The SMILES string of the molecule is BrCCC1CCCCN1CC1CCOC1. The number of nitrogens with zero attached hydrogens (tertiary/aromatic N) is 1. The summed E-state index contributed by atoms with van der Waals surface area (Å²) in [6.07, 6.45) is 6.81. The van der Waals surface area contributed by atoms with E-state index in [0.29, 0.717) is 0 Å². The average Bonchev–Trinajstić information content (AvgIpc) is 2.74. The molecule has 2 unspecified atom stereocenters. The van der Waals surface area contributed by atoms with E-state index in [9.17, 15) is 0 Å². The van der Waals surface area contributed by atoms with E-state index >= 15 is 0 Å². The monoisotopic (exact) mass is 275 g/mol. The van der Waals surface area contributed by atoms with Gasteiger partial charge in [-0.3, -0.25) is 4.90 Å². The summed E-state index contributed by atoms with van der Waals surface area (Å²) < 4.78 is 5.46. The Morgan fingerprint density at radius 2 is 2.20 bits per heavy atom. The molecule has 0 spiro atoms. The average molecular weight is 276 g/mol. The molecule has 0 N–H and O–H groups in total. The minimum atomic E-state index is 0.806. The minimum Gasteiger partial charge on any atom is -0.381 e. The lowest BCUT2D eigenvalue weighted by Gasteiger charge is -2.36. The van der Waals surface area contributed by atoms with Crippen LogP contribution in [0.25, 0.3) is 0 Å². The second-order valence-corrected chi connectivity index (χ2v) is 5.64. The molecule has 88 valence electrons. The molecule has 0 aromatic rings. The van der Waals surface area contributed by atoms with E-state index in [1.807, 2.05) is 0 Å². The molecule has 0 amide bonds. The maximum Gasteiger partial charge on any atom is 0.0507 e. The minimum absolute atomic E-state index is 0.806. The second kappa shape index (κ2) is 6.21. The van der Waals surface area contributed by atoms with Crippen molar-refractivity contribution in [1.82, 2.24) is 4.90 Å². The van der Waals surface area contributed by atoms with Crippen molar-refractivity contribution in [3.63, 3.8) is 0 Å². The molecule has 0 aromatic heterocycles. The van der Waals surface area contributed by atoms with Gasteiger partial charge in [0, 0.05) is 24.5 Å². The zero-order valence-corrected chi connectivity index (χ0v) is 11.0. The molecule has 0 saturated carbocycles. The predicted octanol–water partition coefficient (Wildman–Crippen LogP) is 2.66. The van der Waals surface area contributed by atoms with Crippen LogP contribution in [0.5, 0.6) is 0 Å². The van der Waals surface area contributed by atoms with Crippen molar-refractivity contribution in [2.75, 3.05) is 31.6 Å². The quantitative estimate of drug-likeness (QED) is 0.732. The molecule has 2 nitrogen and oxygen atoms in total. The van der Waals surface area contributed by atoms with Crippen LogP contribution in [0.1, 0.15) is 32.1 Å². The van der Waals surface area contributed by atoms with E-state index in [2.05, 4.69) is 20.8 Å². The first-order valence-corrected chi connectivity index (χ1v) is 7.40. The van der Waals surface area contributed by atoms with Crippen molar-refractivity contribution >= 4 is 15.9 Å². The fourth-order valence-corrected chi connectivity index (χ4v) is 3.34. The van der Waals surface area contributed by atoms with Crippen molar-refractivity contribution in [3.8, 4) is 0 Å². The van der Waals surface area contributed by atoms with Gasteiger partial charge in [-0.1, -0.05) is 22.4 Å². The van der Waals surface area contributed by atoms with Gasteiger partial charge >= 0.3 is 0 Å². The summed E-state index contributed by atoms with van der Waals surface area (Å²) in [5.74, 6) is 0.806. The third kappa shape index (κ3) is 3.43. The van der Waals surface area contributed by atoms with Gasteiger partial charge in [0.15, 0.2) is 0 Å². The Bertz CT molecular complexity index is 180. The Kier molecular flexibility index (Phi) is 4.92. The number of alkyl halides is 1. The van der Waals surface area contributed by atoms with Crippen molar-refractivity contribution in [2.24, 2.45) is 5.92 Å². The highest BCUT2D eigenvalue weighted by Crippen LogP contribution is 2.23. The van der Waals surface area contributed by atoms with Gasteiger partial charge in [0.2, 0.25) is 0 Å². The molecule has 2 aliphatic heterocycles. The Labute approximate surface area is 101 Å². The predicted molar refractivity (Wildman–Crippen MR) is 66.5 cm³/mol. The van der Waals surface area contributed by atoms with E-state index in [1.165, 1.54) is 45.2 Å². The highest BCUT2D eigenvalue weighted by atomic mass is 79.9. The standard InChI is InChI=1S/C12H22BrNO/c13-6-4-12-3-1-2-7-14(12)9-11-5-8-15-10-11/h11-12H,1-10H2. The summed E-state index contributed by atoms with van der Waals surface area (Å²) in [7, 11) is 0. The molecule has 0 bridgehead atoms. The third-order valence-corrected chi connectivity index (χ3v) is 4.17. The smallest absolute Gasteiger partial charge is 0.0507 e. The summed E-state index contributed by atoms with van der Waals surface area (Å²) in [5, 5.41) is 1.15. The zero-order valence-electron chi connectivity index (χ0n) is 9.46. The Hall–Kier alpha value is 0.400. The number of likely N-dealkylation sites (tertiary alicyclic amines) is 1. The van der Waals surface area contributed by atoms with Gasteiger partial charge in [0.25, 0.3) is 0 Å². The van der Waals surface area contributed by atoms with Gasteiger partial charge in [-0.05, 0) is 38.1 Å². The summed E-state index contributed by atoms with van der Waals surface area (Å²) >= 11 is 3.57. The van der Waals surface area contributed by atoms with E-state index in [4.69, 9.17) is 4.74 Å². The van der Waals surface area contributed by atoms with Crippen LogP contribution >= 0.6 is 15.9 Å². The van der Waals surface area contributed by atoms with Crippen molar-refractivity contribution in [2.45, 2.75) is 38.1 Å². The maximum atomic E-state index is 5.46. The summed E-state index contributed by atoms with van der Waals surface area (Å²) in [6, 6.07) is 0.832. The van der Waals surface area contributed by atoms with Crippen LogP contribution in [0.3, 0.4) is 0 Å². The normalized spacial score (nSPS) is 33.4. The van der Waals surface area contributed by atoms with Crippen molar-refractivity contribution in [1.29, 1.82) is 0 Å². The molecule has 3 heteroatoms. The largest absolute Gasteiger partial charge is 0.381 e. The zero-order chi connectivity index (χ0) is 10.5. The number of hydrogen-bond donors (Lipinski definition) is 0. The Morgan fingerprint density at radius 3 is 2.93 bits per heavy atom. The first-order chi connectivity index (χ1) is 7.40. The van der Waals surface area contributed by atoms with E-state index in [0.717, 1.165) is 30.5 Å². The number of ether oxygens (including phenoxy) is 1. The number of piperidine rings is 1. The molecule has 2 fully saturated rings. The second-order valence-electron chi connectivity index (χ2n) is 4.85. The highest BCUT2D eigenvalue weighted by molar-refractivity contribution is 9.09. The summed E-state index contributed by atoms with van der Waals surface area (Å²) in [5.41, 5.74) is 0. The number of hydrogen-bond acceptors (Lipinski definition) is 2. The summed E-state index contributed by atoms with van der Waals surface area (Å²) in [6.45, 7) is 4.57. The molecule has 2 rings (SSSR count). The van der Waals surface area contributed by atoms with Crippen LogP contribution < -0.4 is 0 Å². The molecule has 0 radical (unpaired) electrons. The fraction of sp³-hybridized carbons (Fsp3) is 1.00. The number of halogens is 1. The molecule has 0 aromatic carbocycles. The van der Waals surface area contributed by atoms with Gasteiger partial charge in [-0.2, -0.15) is 0 Å². The van der Waals surface area contributed by atoms with Crippen LogP contribution in [-0.4, -0.2) is 42.6 Å². The maximum absolute atomic E-state index is 5.46. The van der Waals surface area contributed by atoms with Gasteiger partial charge in [0.1, 0.15) is 0 Å². The Morgan fingerprint density at radius 1 is 1.27 bits per heavy atom. The fourth-order valence-electron chi connectivity index (χ4n) is 2.81. The lowest BCUT2D eigenvalue weighted by Crippen LogP contribution is -2.42. The number of rotatable bonds is 4. The van der Waals surface area contributed by atoms with Crippen molar-refractivity contribution in [3.05, 3.63) is 0 Å². The molecule has 2 saturated heterocycles. The van der Waals surface area contributed by atoms with Gasteiger partial charge < -0.3 is 4.74 Å². The summed E-state index contributed by atoms with van der Waals surface area (Å²) in [4.78, 5) is 2.71. The first-order valence-electron chi connectivity index (χ1n) is 6.28. The molecular weight excluding hydrogens is 254 g/mol. The first kappa shape index (κ1) is 11.9. The van der Waals surface area contributed by atoms with E-state index in [1.54, 1.807) is 0 Å². The highest BCUT2D eigenvalue weighted by Gasteiger charge is 2.26. The van der Waals surface area contributed by atoms with Crippen LogP contribution in [0.4, 0.5) is 0 Å². The Balaban J connectivity index is 1.80.